The van der Waals surface area contributed by atoms with Crippen LogP contribution in [0.4, 0.5) is 0 Å². The fraction of sp³-hybridized carbons (Fsp3) is 0.833. The molecule has 7 heteroatoms. The fourth-order valence-electron chi connectivity index (χ4n) is 3.91. The highest BCUT2D eigenvalue weighted by Crippen LogP contribution is 2.30. The van der Waals surface area contributed by atoms with E-state index in [-0.39, 0.29) is 17.2 Å². The van der Waals surface area contributed by atoms with E-state index in [9.17, 15) is 9.59 Å². The number of hydrogen-bond acceptors (Lipinski definition) is 5. The van der Waals surface area contributed by atoms with Crippen LogP contribution in [0.25, 0.3) is 0 Å². The lowest BCUT2D eigenvalue weighted by molar-refractivity contribution is -0.0252. The van der Waals surface area contributed by atoms with E-state index < -0.39 is 5.69 Å². The second kappa shape index (κ2) is 16.6. The van der Waals surface area contributed by atoms with Gasteiger partial charge in [-0.3, -0.25) is 14.3 Å². The van der Waals surface area contributed by atoms with Gasteiger partial charge in [0.05, 0.1) is 6.61 Å². The summed E-state index contributed by atoms with van der Waals surface area (Å²) in [5, 5.41) is 0. The highest BCUT2D eigenvalue weighted by Gasteiger charge is 2.27. The van der Waals surface area contributed by atoms with E-state index in [4.69, 9.17) is 9.47 Å². The van der Waals surface area contributed by atoms with Crippen molar-refractivity contribution < 1.29 is 9.47 Å². The third-order valence-corrected chi connectivity index (χ3v) is 6.89. The maximum Gasteiger partial charge on any atom is 0.330 e. The molecular weight excluding hydrogens is 412 g/mol. The Morgan fingerprint density at radius 3 is 2.13 bits per heavy atom. The Labute approximate surface area is 191 Å². The Bertz CT molecular complexity index is 691. The minimum Gasteiger partial charge on any atom is -0.378 e. The molecule has 31 heavy (non-hydrogen) atoms. The topological polar surface area (TPSA) is 73.3 Å². The monoisotopic (exact) mass is 454 g/mol. The lowest BCUT2D eigenvalue weighted by Crippen LogP contribution is -2.32. The van der Waals surface area contributed by atoms with Gasteiger partial charge in [0.2, 0.25) is 0 Å². The van der Waals surface area contributed by atoms with E-state index in [1.807, 2.05) is 0 Å². The van der Waals surface area contributed by atoms with Crippen LogP contribution in [-0.4, -0.2) is 34.0 Å². The van der Waals surface area contributed by atoms with Gasteiger partial charge in [-0.25, -0.2) is 4.79 Å². The fourth-order valence-corrected chi connectivity index (χ4v) is 4.93. The Kier molecular flexibility index (Phi) is 14.0. The van der Waals surface area contributed by atoms with Crippen LogP contribution in [0.1, 0.15) is 103 Å². The molecule has 178 valence electrons. The van der Waals surface area contributed by atoms with Gasteiger partial charge in [0, 0.05) is 24.6 Å². The number of aromatic amines is 1. The molecule has 0 spiro atoms. The van der Waals surface area contributed by atoms with E-state index in [1.54, 1.807) is 11.8 Å². The predicted octanol–water partition coefficient (Wildman–Crippen LogP) is 5.62. The van der Waals surface area contributed by atoms with Crippen molar-refractivity contribution in [1.29, 1.82) is 0 Å². The number of hydrogen-bond donors (Lipinski definition) is 1. The minimum atomic E-state index is -0.429. The van der Waals surface area contributed by atoms with Crippen LogP contribution in [0.15, 0.2) is 21.9 Å². The molecule has 1 saturated heterocycles. The van der Waals surface area contributed by atoms with Crippen molar-refractivity contribution in [2.75, 3.05) is 19.0 Å². The van der Waals surface area contributed by atoms with Gasteiger partial charge in [0.15, 0.2) is 0 Å². The molecule has 1 aromatic heterocycles. The predicted molar refractivity (Wildman–Crippen MR) is 129 cm³/mol. The Morgan fingerprint density at radius 2 is 1.55 bits per heavy atom. The van der Waals surface area contributed by atoms with E-state index in [0.29, 0.717) is 12.4 Å². The summed E-state index contributed by atoms with van der Waals surface area (Å²) < 4.78 is 13.1. The van der Waals surface area contributed by atoms with Gasteiger partial charge in [-0.05, 0) is 6.42 Å². The molecule has 2 atom stereocenters. The van der Waals surface area contributed by atoms with E-state index in [1.165, 1.54) is 100 Å². The number of unbranched alkanes of at least 4 members (excludes halogenated alkanes) is 13. The van der Waals surface area contributed by atoms with Crippen LogP contribution in [0.3, 0.4) is 0 Å². The Balaban J connectivity index is 1.36. The molecule has 2 rings (SSSR count). The molecule has 0 radical (unpaired) electrons. The number of nitrogens with one attached hydrogen (secondary N) is 1. The molecule has 0 saturated carbocycles. The van der Waals surface area contributed by atoms with Gasteiger partial charge in [-0.2, -0.15) is 0 Å². The Hall–Kier alpha value is -1.05. The second-order valence-electron chi connectivity index (χ2n) is 8.54. The molecule has 1 aliphatic heterocycles. The number of H-pyrrole nitrogens is 1. The van der Waals surface area contributed by atoms with Crippen LogP contribution in [0.2, 0.25) is 0 Å². The van der Waals surface area contributed by atoms with Crippen LogP contribution in [-0.2, 0) is 9.47 Å². The van der Waals surface area contributed by atoms with Crippen LogP contribution in [0, 0.1) is 0 Å². The normalized spacial score (nSPS) is 18.6. The van der Waals surface area contributed by atoms with E-state index in [2.05, 4.69) is 11.9 Å². The molecule has 1 N–H and O–H groups in total. The quantitative estimate of drug-likeness (QED) is 0.291. The number of thioether (sulfide) groups is 1. The Morgan fingerprint density at radius 1 is 0.968 bits per heavy atom. The summed E-state index contributed by atoms with van der Waals surface area (Å²) in [7, 11) is 0. The van der Waals surface area contributed by atoms with Crippen LogP contribution < -0.4 is 11.2 Å². The molecular formula is C24H42N2O4S. The van der Waals surface area contributed by atoms with Gasteiger partial charge in [0.1, 0.15) is 11.7 Å². The van der Waals surface area contributed by atoms with Gasteiger partial charge in [0.25, 0.3) is 5.56 Å². The maximum atomic E-state index is 11.8. The smallest absolute Gasteiger partial charge is 0.330 e. The number of aromatic nitrogens is 2. The molecule has 0 aliphatic carbocycles. The van der Waals surface area contributed by atoms with Crippen molar-refractivity contribution in [3.8, 4) is 0 Å². The molecule has 0 bridgehead atoms. The second-order valence-corrected chi connectivity index (χ2v) is 9.73. The summed E-state index contributed by atoms with van der Waals surface area (Å²) in [5.74, 6) is 0.679. The lowest BCUT2D eigenvalue weighted by Gasteiger charge is -2.14. The largest absolute Gasteiger partial charge is 0.378 e. The molecule has 1 fully saturated rings. The first-order valence-electron chi connectivity index (χ1n) is 12.4. The zero-order chi connectivity index (χ0) is 22.2. The summed E-state index contributed by atoms with van der Waals surface area (Å²) in [6, 6.07) is 1.34. The standard InChI is InChI=1S/C24H42N2O4S/c1-2-3-4-5-6-7-8-9-10-11-12-13-14-15-18-29-19-23-30-22(20-31-23)26-17-16-21(27)25-24(26)28/h16-17,22-23H,2-15,18-20H2,1H3,(H,25,27,28). The van der Waals surface area contributed by atoms with Gasteiger partial charge in [-0.15, -0.1) is 11.8 Å². The first kappa shape index (κ1) is 26.2. The zero-order valence-corrected chi connectivity index (χ0v) is 20.1. The summed E-state index contributed by atoms with van der Waals surface area (Å²) in [5.41, 5.74) is -0.877. The molecule has 1 aliphatic rings. The molecule has 6 nitrogen and oxygen atoms in total. The van der Waals surface area contributed by atoms with E-state index >= 15 is 0 Å². The highest BCUT2D eigenvalue weighted by atomic mass is 32.2. The van der Waals surface area contributed by atoms with Crippen molar-refractivity contribution in [2.45, 2.75) is 108 Å². The van der Waals surface area contributed by atoms with Crippen LogP contribution >= 0.6 is 11.8 Å². The zero-order valence-electron chi connectivity index (χ0n) is 19.3. The third-order valence-electron chi connectivity index (χ3n) is 5.79. The van der Waals surface area contributed by atoms with Crippen molar-refractivity contribution in [1.82, 2.24) is 9.55 Å². The van der Waals surface area contributed by atoms with Crippen molar-refractivity contribution in [3.63, 3.8) is 0 Å². The third kappa shape index (κ3) is 11.4. The summed E-state index contributed by atoms with van der Waals surface area (Å²) in [4.78, 5) is 25.3. The first-order valence-corrected chi connectivity index (χ1v) is 13.4. The summed E-state index contributed by atoms with van der Waals surface area (Å²) in [6.45, 7) is 3.58. The average molecular weight is 455 g/mol. The maximum absolute atomic E-state index is 11.8. The summed E-state index contributed by atoms with van der Waals surface area (Å²) >= 11 is 1.65. The molecule has 0 amide bonds. The van der Waals surface area contributed by atoms with Gasteiger partial charge in [-0.1, -0.05) is 90.4 Å². The summed E-state index contributed by atoms with van der Waals surface area (Å²) in [6.07, 6.45) is 20.1. The molecule has 2 heterocycles. The first-order chi connectivity index (χ1) is 15.2. The highest BCUT2D eigenvalue weighted by molar-refractivity contribution is 8.00. The van der Waals surface area contributed by atoms with Crippen LogP contribution in [0.5, 0.6) is 0 Å². The average Bonchev–Trinajstić information content (AvgIpc) is 3.22. The van der Waals surface area contributed by atoms with Gasteiger partial charge >= 0.3 is 5.69 Å². The minimum absolute atomic E-state index is 0.0597. The molecule has 0 aromatic carbocycles. The SMILES string of the molecule is CCCCCCCCCCCCCCCCOCC1OC(n2ccc(=O)[nH]c2=O)CS1. The van der Waals surface area contributed by atoms with Crippen molar-refractivity contribution >= 4 is 11.8 Å². The number of rotatable bonds is 18. The molecule has 1 aromatic rings. The molecule has 2 unspecified atom stereocenters. The number of nitrogens with zero attached hydrogens (tertiary/aromatic N) is 1. The van der Waals surface area contributed by atoms with Crippen molar-refractivity contribution in [2.24, 2.45) is 0 Å². The number of ether oxygens (including phenoxy) is 2. The van der Waals surface area contributed by atoms with E-state index in [0.717, 1.165) is 13.0 Å². The van der Waals surface area contributed by atoms with Gasteiger partial charge < -0.3 is 9.47 Å². The lowest BCUT2D eigenvalue weighted by atomic mass is 10.0. The van der Waals surface area contributed by atoms with Crippen molar-refractivity contribution in [3.05, 3.63) is 33.1 Å².